The molecule has 0 amide bonds. The molecule has 1 aromatic heterocycles. The molecule has 0 aliphatic carbocycles. The van der Waals surface area contributed by atoms with Crippen LogP contribution >= 0.6 is 11.6 Å². The lowest BCUT2D eigenvalue weighted by atomic mass is 10.00. The molecule has 0 radical (unpaired) electrons. The van der Waals surface area contributed by atoms with Crippen LogP contribution in [-0.4, -0.2) is 24.5 Å². The van der Waals surface area contributed by atoms with Crippen LogP contribution in [0.4, 0.5) is 4.39 Å². The van der Waals surface area contributed by atoms with Crippen molar-refractivity contribution >= 4 is 21.6 Å². The zero-order chi connectivity index (χ0) is 16.4. The topological polar surface area (TPSA) is 64.0 Å². The minimum atomic E-state index is -3.61. The Morgan fingerprint density at radius 2 is 2.26 bits per heavy atom. The summed E-state index contributed by atoms with van der Waals surface area (Å²) in [6, 6.07) is 3.91. The van der Waals surface area contributed by atoms with Gasteiger partial charge in [0.25, 0.3) is 0 Å². The summed E-state index contributed by atoms with van der Waals surface area (Å²) in [5.74, 6) is 0.254. The monoisotopic (exact) mass is 357 g/mol. The standard InChI is InChI=1S/C15H17ClFN3O2S/c16-13-2-3-14(17)12(7-13)10-23(21,22)19-8-11-1-4-15-18-5-6-20(15)9-11/h2-3,5-7,11,19H,1,4,8-10H2. The predicted octanol–water partition coefficient (Wildman–Crippen LogP) is 2.36. The number of sulfonamides is 1. The zero-order valence-corrected chi connectivity index (χ0v) is 13.9. The van der Waals surface area contributed by atoms with Gasteiger partial charge >= 0.3 is 0 Å². The number of halogens is 2. The van der Waals surface area contributed by atoms with Crippen LogP contribution in [0.3, 0.4) is 0 Å². The number of imidazole rings is 1. The fraction of sp³-hybridized carbons (Fsp3) is 0.400. The predicted molar refractivity (Wildman–Crippen MR) is 86.1 cm³/mol. The highest BCUT2D eigenvalue weighted by atomic mass is 35.5. The van der Waals surface area contributed by atoms with Gasteiger partial charge in [-0.3, -0.25) is 0 Å². The molecule has 1 aromatic carbocycles. The highest BCUT2D eigenvalue weighted by molar-refractivity contribution is 7.88. The molecule has 1 N–H and O–H groups in total. The lowest BCUT2D eigenvalue weighted by Crippen LogP contribution is -2.34. The molecule has 8 heteroatoms. The van der Waals surface area contributed by atoms with Crippen LogP contribution in [0.2, 0.25) is 5.02 Å². The molecule has 3 rings (SSSR count). The maximum Gasteiger partial charge on any atom is 0.215 e. The number of aromatic nitrogens is 2. The van der Waals surface area contributed by atoms with E-state index < -0.39 is 21.6 Å². The first kappa shape index (κ1) is 16.4. The van der Waals surface area contributed by atoms with E-state index in [-0.39, 0.29) is 11.5 Å². The van der Waals surface area contributed by atoms with E-state index in [1.165, 1.54) is 18.2 Å². The van der Waals surface area contributed by atoms with Gasteiger partial charge in [-0.1, -0.05) is 11.6 Å². The maximum atomic E-state index is 13.7. The molecule has 23 heavy (non-hydrogen) atoms. The Labute approximate surface area is 139 Å². The Kier molecular flexibility index (Phi) is 4.70. The lowest BCUT2D eigenvalue weighted by Gasteiger charge is -2.23. The van der Waals surface area contributed by atoms with Gasteiger partial charge in [-0.25, -0.2) is 22.5 Å². The first-order valence-electron chi connectivity index (χ1n) is 7.34. The average Bonchev–Trinajstić information content (AvgIpc) is 2.96. The molecule has 0 saturated heterocycles. The van der Waals surface area contributed by atoms with Gasteiger partial charge in [-0.2, -0.15) is 0 Å². The summed E-state index contributed by atoms with van der Waals surface area (Å²) in [5.41, 5.74) is 0.0746. The summed E-state index contributed by atoms with van der Waals surface area (Å²) in [6.45, 7) is 1.07. The van der Waals surface area contributed by atoms with E-state index in [0.29, 0.717) is 11.6 Å². The highest BCUT2D eigenvalue weighted by Gasteiger charge is 2.21. The number of nitrogens with one attached hydrogen (secondary N) is 1. The molecular weight excluding hydrogens is 341 g/mol. The lowest BCUT2D eigenvalue weighted by molar-refractivity contribution is 0.363. The molecule has 0 spiro atoms. The number of aryl methyl sites for hydroxylation is 1. The largest absolute Gasteiger partial charge is 0.335 e. The quantitative estimate of drug-likeness (QED) is 0.893. The summed E-state index contributed by atoms with van der Waals surface area (Å²) in [4.78, 5) is 4.24. The molecule has 0 fully saturated rings. The van der Waals surface area contributed by atoms with E-state index in [9.17, 15) is 12.8 Å². The number of rotatable bonds is 5. The van der Waals surface area contributed by atoms with Gasteiger partial charge in [0.2, 0.25) is 10.0 Å². The number of hydrogen-bond donors (Lipinski definition) is 1. The molecule has 1 unspecified atom stereocenters. The number of benzene rings is 1. The van der Waals surface area contributed by atoms with Crippen LogP contribution < -0.4 is 4.72 Å². The van der Waals surface area contributed by atoms with Crippen molar-refractivity contribution < 1.29 is 12.8 Å². The Hall–Kier alpha value is -1.44. The van der Waals surface area contributed by atoms with Crippen molar-refractivity contribution in [2.75, 3.05) is 6.54 Å². The van der Waals surface area contributed by atoms with Crippen LogP contribution in [0.25, 0.3) is 0 Å². The molecule has 1 aliphatic heterocycles. The second-order valence-electron chi connectivity index (χ2n) is 5.74. The summed E-state index contributed by atoms with van der Waals surface area (Å²) >= 11 is 5.79. The van der Waals surface area contributed by atoms with Gasteiger partial charge in [0.05, 0.1) is 5.75 Å². The van der Waals surface area contributed by atoms with Gasteiger partial charge in [-0.15, -0.1) is 0 Å². The summed E-state index contributed by atoms with van der Waals surface area (Å²) in [5, 5.41) is 0.316. The first-order valence-corrected chi connectivity index (χ1v) is 9.37. The van der Waals surface area contributed by atoms with Crippen LogP contribution in [-0.2, 0) is 28.7 Å². The Balaban J connectivity index is 1.60. The van der Waals surface area contributed by atoms with Crippen molar-refractivity contribution in [3.8, 4) is 0 Å². The third-order valence-electron chi connectivity index (χ3n) is 3.98. The molecule has 1 atom stereocenters. The number of nitrogens with zero attached hydrogens (tertiary/aromatic N) is 2. The molecule has 0 saturated carbocycles. The van der Waals surface area contributed by atoms with Gasteiger partial charge in [0, 0.05) is 42.5 Å². The summed E-state index contributed by atoms with van der Waals surface area (Å²) in [6.07, 6.45) is 5.37. The third kappa shape index (κ3) is 4.10. The van der Waals surface area contributed by atoms with Crippen molar-refractivity contribution in [2.24, 2.45) is 5.92 Å². The molecule has 5 nitrogen and oxygen atoms in total. The van der Waals surface area contributed by atoms with E-state index in [4.69, 9.17) is 11.6 Å². The third-order valence-corrected chi connectivity index (χ3v) is 5.51. The summed E-state index contributed by atoms with van der Waals surface area (Å²) < 4.78 is 42.6. The average molecular weight is 358 g/mol. The Bertz CT molecular complexity index is 807. The van der Waals surface area contributed by atoms with Gasteiger partial charge < -0.3 is 4.57 Å². The van der Waals surface area contributed by atoms with Gasteiger partial charge in [-0.05, 0) is 30.5 Å². The SMILES string of the molecule is O=S(=O)(Cc1cc(Cl)ccc1F)NCC1CCc2nccn2C1. The maximum absolute atomic E-state index is 13.7. The summed E-state index contributed by atoms with van der Waals surface area (Å²) in [7, 11) is -3.61. The second-order valence-corrected chi connectivity index (χ2v) is 7.99. The fourth-order valence-electron chi connectivity index (χ4n) is 2.76. The van der Waals surface area contributed by atoms with E-state index in [1.54, 1.807) is 6.20 Å². The molecule has 0 bridgehead atoms. The van der Waals surface area contributed by atoms with E-state index in [1.807, 2.05) is 10.8 Å². The number of hydrogen-bond acceptors (Lipinski definition) is 3. The highest BCUT2D eigenvalue weighted by Crippen LogP contribution is 2.19. The zero-order valence-electron chi connectivity index (χ0n) is 12.4. The van der Waals surface area contributed by atoms with Crippen LogP contribution in [0.5, 0.6) is 0 Å². The Morgan fingerprint density at radius 1 is 1.43 bits per heavy atom. The molecule has 1 aliphatic rings. The second kappa shape index (κ2) is 6.59. The van der Waals surface area contributed by atoms with E-state index in [0.717, 1.165) is 25.2 Å². The molecule has 2 aromatic rings. The fourth-order valence-corrected chi connectivity index (χ4v) is 4.18. The van der Waals surface area contributed by atoms with E-state index in [2.05, 4.69) is 9.71 Å². The molecule has 2 heterocycles. The minimum absolute atomic E-state index is 0.0746. The van der Waals surface area contributed by atoms with Crippen LogP contribution in [0.1, 0.15) is 17.8 Å². The Morgan fingerprint density at radius 3 is 3.09 bits per heavy atom. The smallest absolute Gasteiger partial charge is 0.215 e. The van der Waals surface area contributed by atoms with Gasteiger partial charge in [0.1, 0.15) is 11.6 Å². The van der Waals surface area contributed by atoms with Crippen molar-refractivity contribution in [3.63, 3.8) is 0 Å². The van der Waals surface area contributed by atoms with Crippen LogP contribution in [0, 0.1) is 11.7 Å². The van der Waals surface area contributed by atoms with Crippen molar-refractivity contribution in [1.29, 1.82) is 0 Å². The van der Waals surface area contributed by atoms with Crippen molar-refractivity contribution in [3.05, 3.63) is 52.8 Å². The number of fused-ring (bicyclic) bond motifs is 1. The van der Waals surface area contributed by atoms with Crippen molar-refractivity contribution in [1.82, 2.24) is 14.3 Å². The van der Waals surface area contributed by atoms with Gasteiger partial charge in [0.15, 0.2) is 0 Å². The minimum Gasteiger partial charge on any atom is -0.335 e. The van der Waals surface area contributed by atoms with E-state index >= 15 is 0 Å². The van der Waals surface area contributed by atoms with Crippen LogP contribution in [0.15, 0.2) is 30.6 Å². The van der Waals surface area contributed by atoms with Crippen molar-refractivity contribution in [2.45, 2.75) is 25.1 Å². The normalized spacial score (nSPS) is 17.9. The molecular formula is C15H17ClFN3O2S. The first-order chi connectivity index (χ1) is 10.9. The molecule has 124 valence electrons.